The van der Waals surface area contributed by atoms with Gasteiger partial charge in [-0.15, -0.1) is 0 Å². The molecule has 2 heterocycles. The van der Waals surface area contributed by atoms with Crippen LogP contribution in [0.25, 0.3) is 0 Å². The van der Waals surface area contributed by atoms with E-state index in [1.54, 1.807) is 11.3 Å². The highest BCUT2D eigenvalue weighted by atomic mass is 32.1. The van der Waals surface area contributed by atoms with Crippen LogP contribution in [0.5, 0.6) is 0 Å². The fraction of sp³-hybridized carbons (Fsp3) is 0.733. The smallest absolute Gasteiger partial charge is 0.0111 e. The van der Waals surface area contributed by atoms with Gasteiger partial charge in [0, 0.05) is 12.1 Å². The highest BCUT2D eigenvalue weighted by Crippen LogP contribution is 2.31. The van der Waals surface area contributed by atoms with Gasteiger partial charge in [0.15, 0.2) is 0 Å². The third kappa shape index (κ3) is 2.95. The van der Waals surface area contributed by atoms with Crippen molar-refractivity contribution in [2.75, 3.05) is 13.1 Å². The SMILES string of the molecule is c1cc(CCNC2CCCC2C2CCCN2)cs1. The fourth-order valence-electron chi connectivity index (χ4n) is 3.64. The first kappa shape index (κ1) is 12.6. The van der Waals surface area contributed by atoms with Gasteiger partial charge >= 0.3 is 0 Å². The monoisotopic (exact) mass is 264 g/mol. The molecule has 2 fully saturated rings. The van der Waals surface area contributed by atoms with Gasteiger partial charge in [-0.1, -0.05) is 6.42 Å². The summed E-state index contributed by atoms with van der Waals surface area (Å²) in [6, 6.07) is 3.81. The van der Waals surface area contributed by atoms with Crippen LogP contribution in [0.4, 0.5) is 0 Å². The first-order valence-corrected chi connectivity index (χ1v) is 8.35. The summed E-state index contributed by atoms with van der Waals surface area (Å²) in [6.07, 6.45) is 8.18. The molecule has 2 N–H and O–H groups in total. The van der Waals surface area contributed by atoms with Gasteiger partial charge in [0.2, 0.25) is 0 Å². The van der Waals surface area contributed by atoms with Gasteiger partial charge in [-0.05, 0) is 73.5 Å². The van der Waals surface area contributed by atoms with Crippen LogP contribution in [0, 0.1) is 5.92 Å². The van der Waals surface area contributed by atoms with E-state index in [-0.39, 0.29) is 0 Å². The lowest BCUT2D eigenvalue weighted by Crippen LogP contribution is -2.42. The van der Waals surface area contributed by atoms with Crippen LogP contribution in [0.3, 0.4) is 0 Å². The first-order valence-electron chi connectivity index (χ1n) is 7.41. The second-order valence-electron chi connectivity index (χ2n) is 5.74. The molecule has 1 aliphatic carbocycles. The zero-order chi connectivity index (χ0) is 12.2. The second kappa shape index (κ2) is 6.18. The quantitative estimate of drug-likeness (QED) is 0.854. The Bertz CT molecular complexity index is 343. The Morgan fingerprint density at radius 1 is 1.28 bits per heavy atom. The molecular formula is C15H24N2S. The van der Waals surface area contributed by atoms with Gasteiger partial charge in [-0.25, -0.2) is 0 Å². The van der Waals surface area contributed by atoms with Gasteiger partial charge in [-0.2, -0.15) is 11.3 Å². The van der Waals surface area contributed by atoms with Crippen LogP contribution in [-0.2, 0) is 6.42 Å². The molecule has 1 aromatic heterocycles. The van der Waals surface area contributed by atoms with Crippen LogP contribution in [0.15, 0.2) is 16.8 Å². The maximum absolute atomic E-state index is 3.81. The van der Waals surface area contributed by atoms with Crippen LogP contribution in [0.1, 0.15) is 37.7 Å². The summed E-state index contributed by atoms with van der Waals surface area (Å²) in [6.45, 7) is 2.38. The molecule has 3 rings (SSSR count). The molecule has 2 nitrogen and oxygen atoms in total. The van der Waals surface area contributed by atoms with E-state index in [1.807, 2.05) is 0 Å². The van der Waals surface area contributed by atoms with E-state index in [4.69, 9.17) is 0 Å². The predicted octanol–water partition coefficient (Wildman–Crippen LogP) is 2.80. The largest absolute Gasteiger partial charge is 0.314 e. The van der Waals surface area contributed by atoms with Crippen molar-refractivity contribution in [2.45, 2.75) is 50.6 Å². The normalized spacial score (nSPS) is 32.1. The molecule has 0 bridgehead atoms. The fourth-order valence-corrected chi connectivity index (χ4v) is 4.34. The van der Waals surface area contributed by atoms with E-state index >= 15 is 0 Å². The lowest BCUT2D eigenvalue weighted by Gasteiger charge is -2.26. The van der Waals surface area contributed by atoms with Crippen molar-refractivity contribution >= 4 is 11.3 Å². The molecule has 1 saturated heterocycles. The minimum atomic E-state index is 0.763. The highest BCUT2D eigenvalue weighted by molar-refractivity contribution is 7.07. The summed E-state index contributed by atoms with van der Waals surface area (Å²) in [4.78, 5) is 0. The van der Waals surface area contributed by atoms with Gasteiger partial charge in [-0.3, -0.25) is 0 Å². The minimum Gasteiger partial charge on any atom is -0.314 e. The summed E-state index contributed by atoms with van der Waals surface area (Å²) in [5.74, 6) is 0.884. The van der Waals surface area contributed by atoms with Crippen molar-refractivity contribution in [3.05, 3.63) is 22.4 Å². The minimum absolute atomic E-state index is 0.763. The van der Waals surface area contributed by atoms with E-state index in [0.717, 1.165) is 24.5 Å². The van der Waals surface area contributed by atoms with Gasteiger partial charge < -0.3 is 10.6 Å². The lowest BCUT2D eigenvalue weighted by atomic mass is 9.93. The molecule has 1 aromatic rings. The average molecular weight is 264 g/mol. The standard InChI is InChI=1S/C15H24N2S/c1-3-13(15-5-2-8-16-15)14(4-1)17-9-6-12-7-10-18-11-12/h7,10-11,13-17H,1-6,8-9H2. The van der Waals surface area contributed by atoms with Crippen LogP contribution in [-0.4, -0.2) is 25.2 Å². The van der Waals surface area contributed by atoms with E-state index in [9.17, 15) is 0 Å². The molecule has 3 atom stereocenters. The average Bonchev–Trinajstić information content (AvgIpc) is 3.12. The number of hydrogen-bond donors (Lipinski definition) is 2. The van der Waals surface area contributed by atoms with Crippen molar-refractivity contribution in [3.8, 4) is 0 Å². The Labute approximate surface area is 114 Å². The van der Waals surface area contributed by atoms with Crippen molar-refractivity contribution in [3.63, 3.8) is 0 Å². The molecule has 1 aliphatic heterocycles. The molecule has 2 aliphatic rings. The zero-order valence-electron chi connectivity index (χ0n) is 11.0. The Morgan fingerprint density at radius 3 is 3.06 bits per heavy atom. The molecule has 0 spiro atoms. The lowest BCUT2D eigenvalue weighted by molar-refractivity contribution is 0.322. The van der Waals surface area contributed by atoms with E-state index < -0.39 is 0 Å². The van der Waals surface area contributed by atoms with Crippen LogP contribution >= 0.6 is 11.3 Å². The third-order valence-electron chi connectivity index (χ3n) is 4.58. The molecule has 1 saturated carbocycles. The molecule has 0 radical (unpaired) electrons. The van der Waals surface area contributed by atoms with Gasteiger partial charge in [0.25, 0.3) is 0 Å². The highest BCUT2D eigenvalue weighted by Gasteiger charge is 2.34. The molecule has 3 unspecified atom stereocenters. The van der Waals surface area contributed by atoms with E-state index in [0.29, 0.717) is 0 Å². The Morgan fingerprint density at radius 2 is 2.28 bits per heavy atom. The summed E-state index contributed by atoms with van der Waals surface area (Å²) in [5, 5.41) is 12.0. The summed E-state index contributed by atoms with van der Waals surface area (Å²) < 4.78 is 0. The molecule has 18 heavy (non-hydrogen) atoms. The number of rotatable bonds is 5. The molecular weight excluding hydrogens is 240 g/mol. The first-order chi connectivity index (χ1) is 8.93. The molecule has 3 heteroatoms. The van der Waals surface area contributed by atoms with E-state index in [1.165, 1.54) is 50.6 Å². The van der Waals surface area contributed by atoms with Crippen molar-refractivity contribution in [1.82, 2.24) is 10.6 Å². The van der Waals surface area contributed by atoms with Crippen LogP contribution in [0.2, 0.25) is 0 Å². The number of hydrogen-bond acceptors (Lipinski definition) is 3. The van der Waals surface area contributed by atoms with Crippen molar-refractivity contribution < 1.29 is 0 Å². The van der Waals surface area contributed by atoms with E-state index in [2.05, 4.69) is 27.5 Å². The zero-order valence-corrected chi connectivity index (χ0v) is 11.8. The summed E-state index contributed by atoms with van der Waals surface area (Å²) in [7, 11) is 0. The number of nitrogens with one attached hydrogen (secondary N) is 2. The molecule has 0 amide bonds. The Kier molecular flexibility index (Phi) is 4.34. The van der Waals surface area contributed by atoms with Gasteiger partial charge in [0.05, 0.1) is 0 Å². The second-order valence-corrected chi connectivity index (χ2v) is 6.52. The Hall–Kier alpha value is -0.380. The molecule has 0 aromatic carbocycles. The van der Waals surface area contributed by atoms with Crippen molar-refractivity contribution in [2.24, 2.45) is 5.92 Å². The molecule has 100 valence electrons. The maximum Gasteiger partial charge on any atom is 0.0111 e. The third-order valence-corrected chi connectivity index (χ3v) is 5.32. The van der Waals surface area contributed by atoms with Crippen molar-refractivity contribution in [1.29, 1.82) is 0 Å². The topological polar surface area (TPSA) is 24.1 Å². The Balaban J connectivity index is 1.46. The maximum atomic E-state index is 3.81. The number of thiophene rings is 1. The summed E-state index contributed by atoms with van der Waals surface area (Å²) in [5.41, 5.74) is 1.49. The predicted molar refractivity (Wildman–Crippen MR) is 78.2 cm³/mol. The van der Waals surface area contributed by atoms with Crippen LogP contribution < -0.4 is 10.6 Å². The summed E-state index contributed by atoms with van der Waals surface area (Å²) >= 11 is 1.81. The van der Waals surface area contributed by atoms with Gasteiger partial charge in [0.1, 0.15) is 0 Å².